The maximum atomic E-state index is 8.91. The van der Waals surface area contributed by atoms with Crippen molar-refractivity contribution in [2.45, 2.75) is 0 Å². The molecule has 0 bridgehead atoms. The highest BCUT2D eigenvalue weighted by Crippen LogP contribution is 2.43. The molecule has 58 heavy (non-hydrogen) atoms. The summed E-state index contributed by atoms with van der Waals surface area (Å²) in [6, 6.07) is 63.8. The van der Waals surface area contributed by atoms with E-state index in [-0.39, 0.29) is 17.8 Å². The molecule has 2 heterocycles. The minimum Gasteiger partial charge on any atom is -0.456 e. The van der Waals surface area contributed by atoms with Crippen LogP contribution in [0.4, 0.5) is 34.1 Å². The predicted molar refractivity (Wildman–Crippen MR) is 243 cm³/mol. The van der Waals surface area contributed by atoms with Gasteiger partial charge in [-0.05, 0) is 120 Å². The molecular weight excluding hydrogens is 707 g/mol. The third-order valence-corrected chi connectivity index (χ3v) is 10.8. The van der Waals surface area contributed by atoms with Crippen molar-refractivity contribution >= 4 is 77.9 Å². The van der Waals surface area contributed by atoms with Crippen molar-refractivity contribution in [2.75, 3.05) is 9.80 Å². The van der Waals surface area contributed by atoms with Gasteiger partial charge in [-0.2, -0.15) is 0 Å². The van der Waals surface area contributed by atoms with Crippen molar-refractivity contribution in [1.82, 2.24) is 4.57 Å². The summed E-state index contributed by atoms with van der Waals surface area (Å²) in [6.07, 6.45) is 0. The number of aromatic nitrogens is 1. The van der Waals surface area contributed by atoms with Gasteiger partial charge in [-0.3, -0.25) is 0 Å². The SMILES string of the molecule is [2H]c1c([2H])c([2H])c(N(c2ccccc2)c2cccc(N(c3ccccc3)c3ccc4c(c3)oc3cc(-c5ccc6c(c5)c5ccccc5n6-c5ccccc5)ccc34)c2)c([2H])c1[2H]. The Balaban J connectivity index is 1.01. The second-order valence-corrected chi connectivity index (χ2v) is 14.2. The number of rotatable bonds is 8. The molecule has 0 saturated heterocycles. The van der Waals surface area contributed by atoms with Gasteiger partial charge < -0.3 is 18.8 Å². The number of fused-ring (bicyclic) bond motifs is 6. The summed E-state index contributed by atoms with van der Waals surface area (Å²) < 4.78 is 52.1. The van der Waals surface area contributed by atoms with E-state index in [0.717, 1.165) is 61.3 Å². The van der Waals surface area contributed by atoms with Gasteiger partial charge in [0.25, 0.3) is 0 Å². The van der Waals surface area contributed by atoms with Crippen LogP contribution >= 0.6 is 0 Å². The lowest BCUT2D eigenvalue weighted by atomic mass is 10.0. The smallest absolute Gasteiger partial charge is 0.137 e. The molecule has 0 spiro atoms. The molecule has 0 amide bonds. The first-order valence-electron chi connectivity index (χ1n) is 21.8. The Kier molecular flexibility index (Phi) is 6.91. The fraction of sp³-hybridized carbons (Fsp3) is 0. The first kappa shape index (κ1) is 28.6. The van der Waals surface area contributed by atoms with E-state index in [2.05, 4.69) is 113 Å². The average Bonchev–Trinajstić information content (AvgIpc) is 3.87. The lowest BCUT2D eigenvalue weighted by Crippen LogP contribution is -2.13. The van der Waals surface area contributed by atoms with Crippen LogP contribution in [-0.4, -0.2) is 4.57 Å². The second-order valence-electron chi connectivity index (χ2n) is 14.2. The van der Waals surface area contributed by atoms with E-state index in [4.69, 9.17) is 11.3 Å². The van der Waals surface area contributed by atoms with Crippen LogP contribution in [0.15, 0.2) is 229 Å². The van der Waals surface area contributed by atoms with Gasteiger partial charge in [0.15, 0.2) is 0 Å². The minimum absolute atomic E-state index is 0.0672. The average molecular weight is 749 g/mol. The Morgan fingerprint density at radius 3 is 1.62 bits per heavy atom. The number of benzene rings is 9. The summed E-state index contributed by atoms with van der Waals surface area (Å²) in [7, 11) is 0. The van der Waals surface area contributed by atoms with Gasteiger partial charge in [-0.1, -0.05) is 109 Å². The molecule has 0 aliphatic heterocycles. The van der Waals surface area contributed by atoms with E-state index >= 15 is 0 Å². The zero-order valence-electron chi connectivity index (χ0n) is 36.2. The molecule has 0 aliphatic rings. The number of nitrogens with zero attached hydrogens (tertiary/aromatic N) is 3. The van der Waals surface area contributed by atoms with E-state index in [1.165, 1.54) is 16.3 Å². The Labute approximate surface area is 343 Å². The van der Waals surface area contributed by atoms with E-state index in [1.54, 1.807) is 4.90 Å². The van der Waals surface area contributed by atoms with Crippen LogP contribution in [0.3, 0.4) is 0 Å². The summed E-state index contributed by atoms with van der Waals surface area (Å²) in [5.41, 5.74) is 11.0. The van der Waals surface area contributed by atoms with Gasteiger partial charge in [0, 0.05) is 67.4 Å². The minimum atomic E-state index is -0.437. The summed E-state index contributed by atoms with van der Waals surface area (Å²) >= 11 is 0. The van der Waals surface area contributed by atoms with Crippen LogP contribution < -0.4 is 9.80 Å². The van der Waals surface area contributed by atoms with Crippen molar-refractivity contribution in [2.24, 2.45) is 0 Å². The molecule has 0 atom stereocenters. The highest BCUT2D eigenvalue weighted by Gasteiger charge is 2.19. The normalized spacial score (nSPS) is 12.7. The number of hydrogen-bond acceptors (Lipinski definition) is 3. The molecule has 0 N–H and O–H groups in total. The predicted octanol–water partition coefficient (Wildman–Crippen LogP) is 15.3. The van der Waals surface area contributed by atoms with E-state index in [0.29, 0.717) is 11.4 Å². The molecule has 11 aromatic rings. The van der Waals surface area contributed by atoms with Gasteiger partial charge in [-0.15, -0.1) is 0 Å². The van der Waals surface area contributed by atoms with Crippen LogP contribution in [0, 0.1) is 0 Å². The van der Waals surface area contributed by atoms with Crippen LogP contribution in [0.5, 0.6) is 0 Å². The Morgan fingerprint density at radius 1 is 0.362 bits per heavy atom. The molecule has 0 radical (unpaired) electrons. The molecule has 0 fully saturated rings. The molecule has 0 unspecified atom stereocenters. The lowest BCUT2D eigenvalue weighted by molar-refractivity contribution is 0.669. The molecule has 11 rings (SSSR count). The van der Waals surface area contributed by atoms with Gasteiger partial charge in [0.1, 0.15) is 11.2 Å². The largest absolute Gasteiger partial charge is 0.456 e. The van der Waals surface area contributed by atoms with E-state index in [9.17, 15) is 0 Å². The van der Waals surface area contributed by atoms with Crippen LogP contribution in [0.2, 0.25) is 0 Å². The number of hydrogen-bond donors (Lipinski definition) is 0. The molecule has 4 nitrogen and oxygen atoms in total. The second kappa shape index (κ2) is 14.0. The standard InChI is InChI=1S/C54H37N3O/c1-5-16-40(17-6-1)55(41-18-7-2-8-19-41)44-24-15-25-45(36-44)56(42-20-9-3-10-21-42)46-30-32-49-48-31-28-39(35-53(48)58-54(49)37-46)38-29-33-52-50(34-38)47-26-13-14-27-51(47)57(52)43-22-11-4-12-23-43/h1-37H/i1D,5D,6D,16D,17D. The maximum absolute atomic E-state index is 8.91. The van der Waals surface area contributed by atoms with Gasteiger partial charge in [0.2, 0.25) is 0 Å². The van der Waals surface area contributed by atoms with Crippen molar-refractivity contribution in [3.63, 3.8) is 0 Å². The van der Waals surface area contributed by atoms with E-state index in [1.807, 2.05) is 91.0 Å². The van der Waals surface area contributed by atoms with Crippen LogP contribution in [0.25, 0.3) is 60.6 Å². The third-order valence-electron chi connectivity index (χ3n) is 10.8. The molecular formula is C54H37N3O. The van der Waals surface area contributed by atoms with Crippen molar-refractivity contribution < 1.29 is 11.3 Å². The first-order chi connectivity index (χ1) is 30.8. The summed E-state index contributed by atoms with van der Waals surface area (Å²) in [6.45, 7) is 0. The molecule has 274 valence electrons. The fourth-order valence-corrected chi connectivity index (χ4v) is 8.23. The fourth-order valence-electron chi connectivity index (χ4n) is 8.23. The highest BCUT2D eigenvalue weighted by molar-refractivity contribution is 6.11. The first-order valence-corrected chi connectivity index (χ1v) is 19.3. The third kappa shape index (κ3) is 5.78. The van der Waals surface area contributed by atoms with Crippen molar-refractivity contribution in [3.05, 3.63) is 224 Å². The number of anilines is 6. The molecule has 9 aromatic carbocycles. The van der Waals surface area contributed by atoms with Gasteiger partial charge in [0.05, 0.1) is 17.9 Å². The quantitative estimate of drug-likeness (QED) is 0.155. The van der Waals surface area contributed by atoms with E-state index < -0.39 is 18.1 Å². The maximum Gasteiger partial charge on any atom is 0.137 e. The summed E-state index contributed by atoms with van der Waals surface area (Å²) in [5, 5.41) is 4.41. The summed E-state index contributed by atoms with van der Waals surface area (Å²) in [5.74, 6) is 0. The highest BCUT2D eigenvalue weighted by atomic mass is 16.3. The Hall–Kier alpha value is -7.82. The number of para-hydroxylation sites is 5. The Morgan fingerprint density at radius 2 is 0.897 bits per heavy atom. The number of furan rings is 1. The van der Waals surface area contributed by atoms with Crippen LogP contribution in [-0.2, 0) is 0 Å². The molecule has 4 heteroatoms. The van der Waals surface area contributed by atoms with Gasteiger partial charge in [-0.25, -0.2) is 0 Å². The van der Waals surface area contributed by atoms with Crippen molar-refractivity contribution in [3.8, 4) is 16.8 Å². The van der Waals surface area contributed by atoms with Gasteiger partial charge >= 0.3 is 0 Å². The summed E-state index contributed by atoms with van der Waals surface area (Å²) in [4.78, 5) is 3.86. The zero-order chi connectivity index (χ0) is 42.8. The lowest BCUT2D eigenvalue weighted by Gasteiger charge is -2.29. The monoisotopic (exact) mass is 748 g/mol. The Bertz CT molecular complexity index is 3500. The zero-order valence-corrected chi connectivity index (χ0v) is 31.2. The van der Waals surface area contributed by atoms with Crippen LogP contribution in [0.1, 0.15) is 6.85 Å². The van der Waals surface area contributed by atoms with Crippen molar-refractivity contribution in [1.29, 1.82) is 0 Å². The molecule has 2 aromatic heterocycles. The topological polar surface area (TPSA) is 24.6 Å². The molecule has 0 saturated carbocycles. The molecule has 0 aliphatic carbocycles.